The van der Waals surface area contributed by atoms with Crippen LogP contribution in [0.3, 0.4) is 0 Å². The summed E-state index contributed by atoms with van der Waals surface area (Å²) in [5.41, 5.74) is 0. The molecule has 0 aromatic heterocycles. The number of likely N-dealkylation sites (tertiary alicyclic amines) is 2. The first-order chi connectivity index (χ1) is 14.2. The lowest BCUT2D eigenvalue weighted by Crippen LogP contribution is -2.43. The SMILES string of the molecule is CCC(C)NC1CC(=O)N(CCCC(C)CN2C(=O)CC(NC(C)CC)C2=O)C1=O. The second kappa shape index (κ2) is 11.0. The molecule has 0 bridgehead atoms. The van der Waals surface area contributed by atoms with Gasteiger partial charge in [0, 0.05) is 25.2 Å². The van der Waals surface area contributed by atoms with Crippen LogP contribution in [0.25, 0.3) is 0 Å². The standard InChI is InChI=1S/C22H38N4O4/c1-6-15(4)23-17-11-19(27)25(21(17)29)10-8-9-14(3)13-26-20(28)12-18(22(26)30)24-16(5)7-2/h14-18,23-24H,6-13H2,1-5H3. The van der Waals surface area contributed by atoms with Gasteiger partial charge in [0.1, 0.15) is 0 Å². The summed E-state index contributed by atoms with van der Waals surface area (Å²) in [4.78, 5) is 52.3. The van der Waals surface area contributed by atoms with Gasteiger partial charge in [0.15, 0.2) is 0 Å². The number of nitrogens with one attached hydrogen (secondary N) is 2. The van der Waals surface area contributed by atoms with E-state index in [0.717, 1.165) is 19.3 Å². The molecule has 2 aliphatic rings. The van der Waals surface area contributed by atoms with Crippen LogP contribution in [0.1, 0.15) is 73.1 Å². The molecule has 5 unspecified atom stereocenters. The molecule has 0 aromatic rings. The number of carbonyl (C=O) groups is 4. The summed E-state index contributed by atoms with van der Waals surface area (Å²) >= 11 is 0. The van der Waals surface area contributed by atoms with E-state index in [1.54, 1.807) is 0 Å². The lowest BCUT2D eigenvalue weighted by atomic mass is 10.0. The van der Waals surface area contributed by atoms with Crippen molar-refractivity contribution in [1.29, 1.82) is 0 Å². The van der Waals surface area contributed by atoms with Gasteiger partial charge in [0.2, 0.25) is 23.6 Å². The van der Waals surface area contributed by atoms with Crippen LogP contribution in [0.4, 0.5) is 0 Å². The maximum atomic E-state index is 12.6. The zero-order valence-electron chi connectivity index (χ0n) is 19.1. The van der Waals surface area contributed by atoms with Crippen LogP contribution < -0.4 is 10.6 Å². The monoisotopic (exact) mass is 422 g/mol. The summed E-state index contributed by atoms with van der Waals surface area (Å²) in [6, 6.07) is -0.451. The van der Waals surface area contributed by atoms with Gasteiger partial charge < -0.3 is 10.6 Å². The highest BCUT2D eigenvalue weighted by Gasteiger charge is 2.40. The van der Waals surface area contributed by atoms with E-state index >= 15 is 0 Å². The first-order valence-electron chi connectivity index (χ1n) is 11.4. The summed E-state index contributed by atoms with van der Waals surface area (Å²) < 4.78 is 0. The molecule has 2 fully saturated rings. The number of carbonyl (C=O) groups excluding carboxylic acids is 4. The highest BCUT2D eigenvalue weighted by molar-refractivity contribution is 6.06. The van der Waals surface area contributed by atoms with Crippen LogP contribution in [0.5, 0.6) is 0 Å². The Morgan fingerprint density at radius 1 is 0.833 bits per heavy atom. The molecule has 2 rings (SSSR count). The van der Waals surface area contributed by atoms with Crippen molar-refractivity contribution in [3.05, 3.63) is 0 Å². The molecule has 2 N–H and O–H groups in total. The highest BCUT2D eigenvalue weighted by Crippen LogP contribution is 2.20. The van der Waals surface area contributed by atoms with E-state index in [-0.39, 0.29) is 54.5 Å². The number of imide groups is 2. The molecule has 0 aromatic carbocycles. The number of hydrogen-bond donors (Lipinski definition) is 2. The number of nitrogens with zero attached hydrogens (tertiary/aromatic N) is 2. The Balaban J connectivity index is 1.78. The van der Waals surface area contributed by atoms with Gasteiger partial charge in [0.05, 0.1) is 24.9 Å². The Morgan fingerprint density at radius 2 is 1.30 bits per heavy atom. The van der Waals surface area contributed by atoms with Gasteiger partial charge in [-0.25, -0.2) is 0 Å². The van der Waals surface area contributed by atoms with E-state index in [2.05, 4.69) is 10.6 Å². The van der Waals surface area contributed by atoms with Crippen LogP contribution >= 0.6 is 0 Å². The molecule has 0 spiro atoms. The van der Waals surface area contributed by atoms with Crippen LogP contribution in [0.15, 0.2) is 0 Å². The highest BCUT2D eigenvalue weighted by atomic mass is 16.2. The Labute approximate surface area is 180 Å². The molecule has 4 amide bonds. The maximum Gasteiger partial charge on any atom is 0.246 e. The predicted molar refractivity (Wildman–Crippen MR) is 114 cm³/mol. The quantitative estimate of drug-likeness (QED) is 0.462. The van der Waals surface area contributed by atoms with Gasteiger partial charge in [-0.1, -0.05) is 20.8 Å². The van der Waals surface area contributed by atoms with E-state index in [9.17, 15) is 19.2 Å². The summed E-state index contributed by atoms with van der Waals surface area (Å²) in [6.07, 6.45) is 3.64. The van der Waals surface area contributed by atoms with Crippen molar-refractivity contribution in [3.63, 3.8) is 0 Å². The van der Waals surface area contributed by atoms with Gasteiger partial charge in [-0.15, -0.1) is 0 Å². The van der Waals surface area contributed by atoms with E-state index in [1.165, 1.54) is 9.80 Å². The van der Waals surface area contributed by atoms with Gasteiger partial charge in [-0.3, -0.25) is 29.0 Å². The van der Waals surface area contributed by atoms with Crippen molar-refractivity contribution in [3.8, 4) is 0 Å². The minimum absolute atomic E-state index is 0.113. The van der Waals surface area contributed by atoms with Crippen molar-refractivity contribution in [2.24, 2.45) is 5.92 Å². The average Bonchev–Trinajstić information content (AvgIpc) is 3.11. The van der Waals surface area contributed by atoms with Crippen molar-refractivity contribution in [1.82, 2.24) is 20.4 Å². The fraction of sp³-hybridized carbons (Fsp3) is 0.818. The van der Waals surface area contributed by atoms with E-state index in [4.69, 9.17) is 0 Å². The van der Waals surface area contributed by atoms with Crippen LogP contribution in [0, 0.1) is 5.92 Å². The van der Waals surface area contributed by atoms with Gasteiger partial charge in [0.25, 0.3) is 0 Å². The number of amides is 4. The number of hydrogen-bond acceptors (Lipinski definition) is 6. The Kier molecular flexibility index (Phi) is 8.97. The lowest BCUT2D eigenvalue weighted by Gasteiger charge is -2.22. The molecule has 2 heterocycles. The molecule has 8 nitrogen and oxygen atoms in total. The summed E-state index contributed by atoms with van der Waals surface area (Å²) in [6.45, 7) is 10.9. The third-order valence-electron chi connectivity index (χ3n) is 6.26. The second-order valence-electron chi connectivity index (χ2n) is 8.94. The summed E-state index contributed by atoms with van der Waals surface area (Å²) in [5.74, 6) is -0.427. The second-order valence-corrected chi connectivity index (χ2v) is 8.94. The maximum absolute atomic E-state index is 12.6. The first-order valence-corrected chi connectivity index (χ1v) is 11.4. The zero-order valence-corrected chi connectivity index (χ0v) is 19.1. The molecule has 5 atom stereocenters. The van der Waals surface area contributed by atoms with Crippen molar-refractivity contribution < 1.29 is 19.2 Å². The van der Waals surface area contributed by atoms with Gasteiger partial charge in [-0.05, 0) is 45.4 Å². The largest absolute Gasteiger partial charge is 0.303 e. The molecule has 0 radical (unpaired) electrons. The Morgan fingerprint density at radius 3 is 1.80 bits per heavy atom. The molecule has 2 saturated heterocycles. The molecule has 2 aliphatic heterocycles. The third-order valence-corrected chi connectivity index (χ3v) is 6.26. The van der Waals surface area contributed by atoms with Crippen molar-refractivity contribution in [2.75, 3.05) is 13.1 Å². The van der Waals surface area contributed by atoms with Crippen LogP contribution in [0.2, 0.25) is 0 Å². The van der Waals surface area contributed by atoms with Crippen molar-refractivity contribution in [2.45, 2.75) is 97.3 Å². The minimum atomic E-state index is -0.422. The van der Waals surface area contributed by atoms with Crippen molar-refractivity contribution >= 4 is 23.6 Å². The molecular weight excluding hydrogens is 384 g/mol. The Bertz CT molecular complexity index is 653. The summed E-state index contributed by atoms with van der Waals surface area (Å²) in [5, 5.41) is 6.44. The first kappa shape index (κ1) is 24.5. The minimum Gasteiger partial charge on any atom is -0.303 e. The lowest BCUT2D eigenvalue weighted by molar-refractivity contribution is -0.140. The topological polar surface area (TPSA) is 98.8 Å². The van der Waals surface area contributed by atoms with Crippen LogP contribution in [-0.4, -0.2) is 70.7 Å². The molecule has 0 aliphatic carbocycles. The predicted octanol–water partition coefficient (Wildman–Crippen LogP) is 1.43. The molecule has 30 heavy (non-hydrogen) atoms. The fourth-order valence-electron chi connectivity index (χ4n) is 3.98. The van der Waals surface area contributed by atoms with Gasteiger partial charge in [-0.2, -0.15) is 0 Å². The fourth-order valence-corrected chi connectivity index (χ4v) is 3.98. The molecule has 8 heteroatoms. The van der Waals surface area contributed by atoms with Crippen LogP contribution in [-0.2, 0) is 19.2 Å². The van der Waals surface area contributed by atoms with Gasteiger partial charge >= 0.3 is 0 Å². The van der Waals surface area contributed by atoms with E-state index in [1.807, 2.05) is 34.6 Å². The molecule has 0 saturated carbocycles. The normalized spacial score (nSPS) is 25.4. The van der Waals surface area contributed by atoms with E-state index < -0.39 is 12.1 Å². The zero-order chi connectivity index (χ0) is 22.4. The third kappa shape index (κ3) is 6.11. The Hall–Kier alpha value is -1.80. The number of rotatable bonds is 12. The average molecular weight is 423 g/mol. The van der Waals surface area contributed by atoms with E-state index in [0.29, 0.717) is 19.5 Å². The smallest absolute Gasteiger partial charge is 0.246 e. The molecule has 170 valence electrons. The molecular formula is C22H38N4O4. The summed E-state index contributed by atoms with van der Waals surface area (Å²) in [7, 11) is 0.